The molecule has 0 spiro atoms. The Bertz CT molecular complexity index is 336. The summed E-state index contributed by atoms with van der Waals surface area (Å²) in [5.74, 6) is 1.77. The molecular weight excluding hydrogens is 224 g/mol. The summed E-state index contributed by atoms with van der Waals surface area (Å²) >= 11 is 0. The van der Waals surface area contributed by atoms with Gasteiger partial charge in [0.25, 0.3) is 0 Å². The first-order valence-corrected chi connectivity index (χ1v) is 7.24. The highest BCUT2D eigenvalue weighted by Crippen LogP contribution is 2.30. The maximum atomic E-state index is 5.91. The Balaban J connectivity index is 1.98. The van der Waals surface area contributed by atoms with Crippen molar-refractivity contribution in [3.8, 4) is 0 Å². The minimum atomic E-state index is 0.526. The molecule has 1 saturated carbocycles. The summed E-state index contributed by atoms with van der Waals surface area (Å²) in [5, 5.41) is 0. The van der Waals surface area contributed by atoms with E-state index in [1.807, 2.05) is 6.07 Å². The Kier molecular flexibility index (Phi) is 4.84. The quantitative estimate of drug-likeness (QED) is 0.844. The molecule has 0 radical (unpaired) electrons. The fourth-order valence-corrected chi connectivity index (χ4v) is 3.44. The molecule has 1 aromatic rings. The van der Waals surface area contributed by atoms with E-state index in [0.29, 0.717) is 18.0 Å². The van der Waals surface area contributed by atoms with E-state index in [9.17, 15) is 0 Å². The smallest absolute Gasteiger partial charge is 0.105 e. The standard InChI is InChI=1S/C15H26N2O/c1-3-17(15-8-4-6-13(15)11-16)12(2)10-14-7-5-9-18-14/h5,7,9,12-13,15H,3-4,6,8,10-11,16H2,1-2H3. The topological polar surface area (TPSA) is 42.4 Å². The van der Waals surface area contributed by atoms with Crippen LogP contribution in [0.1, 0.15) is 38.9 Å². The van der Waals surface area contributed by atoms with Crippen molar-refractivity contribution >= 4 is 0 Å². The lowest BCUT2D eigenvalue weighted by molar-refractivity contribution is 0.119. The monoisotopic (exact) mass is 250 g/mol. The molecule has 1 aromatic heterocycles. The van der Waals surface area contributed by atoms with E-state index in [-0.39, 0.29) is 0 Å². The molecule has 102 valence electrons. The molecule has 0 aromatic carbocycles. The summed E-state index contributed by atoms with van der Waals surface area (Å²) in [6, 6.07) is 5.24. The van der Waals surface area contributed by atoms with Crippen LogP contribution in [-0.2, 0) is 6.42 Å². The van der Waals surface area contributed by atoms with E-state index in [0.717, 1.165) is 25.3 Å². The van der Waals surface area contributed by atoms with Crippen LogP contribution < -0.4 is 5.73 Å². The van der Waals surface area contributed by atoms with Crippen molar-refractivity contribution in [2.24, 2.45) is 11.7 Å². The summed E-state index contributed by atoms with van der Waals surface area (Å²) in [6.07, 6.45) is 6.69. The minimum Gasteiger partial charge on any atom is -0.469 e. The fourth-order valence-electron chi connectivity index (χ4n) is 3.44. The van der Waals surface area contributed by atoms with Crippen LogP contribution in [-0.4, -0.2) is 30.1 Å². The van der Waals surface area contributed by atoms with Gasteiger partial charge in [-0.2, -0.15) is 0 Å². The van der Waals surface area contributed by atoms with Gasteiger partial charge in [0, 0.05) is 18.5 Å². The summed E-state index contributed by atoms with van der Waals surface area (Å²) in [4.78, 5) is 2.62. The predicted octanol–water partition coefficient (Wildman–Crippen LogP) is 2.66. The van der Waals surface area contributed by atoms with E-state index in [1.165, 1.54) is 19.3 Å². The van der Waals surface area contributed by atoms with Crippen LogP contribution in [0.2, 0.25) is 0 Å². The zero-order chi connectivity index (χ0) is 13.0. The third kappa shape index (κ3) is 2.96. The van der Waals surface area contributed by atoms with Crippen LogP contribution in [0.5, 0.6) is 0 Å². The van der Waals surface area contributed by atoms with Gasteiger partial charge in [0.2, 0.25) is 0 Å². The molecule has 2 N–H and O–H groups in total. The van der Waals surface area contributed by atoms with Crippen molar-refractivity contribution in [2.75, 3.05) is 13.1 Å². The molecule has 2 rings (SSSR count). The van der Waals surface area contributed by atoms with Gasteiger partial charge in [0.1, 0.15) is 5.76 Å². The molecule has 1 aliphatic rings. The molecule has 1 aliphatic carbocycles. The molecule has 18 heavy (non-hydrogen) atoms. The van der Waals surface area contributed by atoms with Gasteiger partial charge in [-0.25, -0.2) is 0 Å². The van der Waals surface area contributed by atoms with Gasteiger partial charge in [-0.3, -0.25) is 4.90 Å². The van der Waals surface area contributed by atoms with Crippen LogP contribution in [0.4, 0.5) is 0 Å². The summed E-state index contributed by atoms with van der Waals surface area (Å²) in [5.41, 5.74) is 5.91. The number of hydrogen-bond donors (Lipinski definition) is 1. The highest BCUT2D eigenvalue weighted by atomic mass is 16.3. The van der Waals surface area contributed by atoms with E-state index in [1.54, 1.807) is 6.26 Å². The first kappa shape index (κ1) is 13.6. The van der Waals surface area contributed by atoms with Gasteiger partial charge >= 0.3 is 0 Å². The maximum Gasteiger partial charge on any atom is 0.105 e. The lowest BCUT2D eigenvalue weighted by Crippen LogP contribution is -2.46. The molecular formula is C15H26N2O. The predicted molar refractivity (Wildman–Crippen MR) is 74.4 cm³/mol. The Morgan fingerprint density at radius 1 is 1.50 bits per heavy atom. The van der Waals surface area contributed by atoms with Gasteiger partial charge in [0.15, 0.2) is 0 Å². The second kappa shape index (κ2) is 6.39. The van der Waals surface area contributed by atoms with Gasteiger partial charge in [-0.15, -0.1) is 0 Å². The normalized spacial score (nSPS) is 25.8. The molecule has 1 heterocycles. The largest absolute Gasteiger partial charge is 0.469 e. The van der Waals surface area contributed by atoms with E-state index < -0.39 is 0 Å². The SMILES string of the molecule is CCN(C(C)Cc1ccco1)C1CCCC1CN. The number of hydrogen-bond acceptors (Lipinski definition) is 3. The number of nitrogens with zero attached hydrogens (tertiary/aromatic N) is 1. The van der Waals surface area contributed by atoms with Crippen LogP contribution in [0.3, 0.4) is 0 Å². The molecule has 1 fully saturated rings. The van der Waals surface area contributed by atoms with Crippen molar-refractivity contribution in [1.82, 2.24) is 4.90 Å². The van der Waals surface area contributed by atoms with Crippen LogP contribution in [0.15, 0.2) is 22.8 Å². The van der Waals surface area contributed by atoms with Gasteiger partial charge in [-0.1, -0.05) is 13.3 Å². The van der Waals surface area contributed by atoms with Crippen molar-refractivity contribution in [2.45, 2.75) is 51.6 Å². The van der Waals surface area contributed by atoms with Gasteiger partial charge < -0.3 is 10.2 Å². The van der Waals surface area contributed by atoms with E-state index in [2.05, 4.69) is 24.8 Å². The zero-order valence-electron chi connectivity index (χ0n) is 11.6. The Morgan fingerprint density at radius 2 is 2.33 bits per heavy atom. The molecule has 3 unspecified atom stereocenters. The molecule has 0 saturated heterocycles. The Hall–Kier alpha value is -0.800. The first-order valence-electron chi connectivity index (χ1n) is 7.24. The average Bonchev–Trinajstić information content (AvgIpc) is 3.01. The Morgan fingerprint density at radius 3 is 2.94 bits per heavy atom. The van der Waals surface area contributed by atoms with Gasteiger partial charge in [-0.05, 0) is 50.9 Å². The number of likely N-dealkylation sites (N-methyl/N-ethyl adjacent to an activating group) is 1. The summed E-state index contributed by atoms with van der Waals surface area (Å²) in [7, 11) is 0. The maximum absolute atomic E-state index is 5.91. The lowest BCUT2D eigenvalue weighted by Gasteiger charge is -2.36. The van der Waals surface area contributed by atoms with E-state index >= 15 is 0 Å². The summed E-state index contributed by atoms with van der Waals surface area (Å²) < 4.78 is 5.46. The van der Waals surface area contributed by atoms with Crippen molar-refractivity contribution in [1.29, 1.82) is 0 Å². The van der Waals surface area contributed by atoms with Crippen LogP contribution in [0.25, 0.3) is 0 Å². The van der Waals surface area contributed by atoms with Crippen LogP contribution in [0, 0.1) is 5.92 Å². The third-order valence-electron chi connectivity index (χ3n) is 4.36. The Labute approximate surface area is 110 Å². The average molecular weight is 250 g/mol. The number of nitrogens with two attached hydrogens (primary N) is 1. The number of furan rings is 1. The molecule has 0 amide bonds. The summed E-state index contributed by atoms with van der Waals surface area (Å²) in [6.45, 7) is 6.49. The molecule has 0 aliphatic heterocycles. The van der Waals surface area contributed by atoms with Gasteiger partial charge in [0.05, 0.1) is 6.26 Å². The number of rotatable bonds is 6. The fraction of sp³-hybridized carbons (Fsp3) is 0.733. The molecule has 0 bridgehead atoms. The molecule has 3 heteroatoms. The highest BCUT2D eigenvalue weighted by molar-refractivity contribution is 5.01. The van der Waals surface area contributed by atoms with Crippen molar-refractivity contribution < 1.29 is 4.42 Å². The first-order chi connectivity index (χ1) is 8.76. The highest BCUT2D eigenvalue weighted by Gasteiger charge is 2.32. The second-order valence-corrected chi connectivity index (χ2v) is 5.46. The van der Waals surface area contributed by atoms with Crippen molar-refractivity contribution in [3.05, 3.63) is 24.2 Å². The second-order valence-electron chi connectivity index (χ2n) is 5.46. The van der Waals surface area contributed by atoms with E-state index in [4.69, 9.17) is 10.2 Å². The third-order valence-corrected chi connectivity index (χ3v) is 4.36. The van der Waals surface area contributed by atoms with Crippen LogP contribution >= 0.6 is 0 Å². The zero-order valence-corrected chi connectivity index (χ0v) is 11.6. The molecule has 3 nitrogen and oxygen atoms in total. The lowest BCUT2D eigenvalue weighted by atomic mass is 9.99. The van der Waals surface area contributed by atoms with Crippen molar-refractivity contribution in [3.63, 3.8) is 0 Å². The molecule has 3 atom stereocenters. The minimum absolute atomic E-state index is 0.526.